The molecule has 2 aliphatic carbocycles. The molecule has 2 fully saturated rings. The minimum Gasteiger partial charge on any atom is -0.353 e. The summed E-state index contributed by atoms with van der Waals surface area (Å²) in [6, 6.07) is 12.7. The van der Waals surface area contributed by atoms with Gasteiger partial charge in [-0.25, -0.2) is 0 Å². The second-order valence-corrected chi connectivity index (χ2v) is 10.2. The molecule has 184 valence electrons. The molecule has 1 aromatic heterocycles. The number of aryl methyl sites for hydroxylation is 2. The van der Waals surface area contributed by atoms with Crippen LogP contribution in [-0.2, 0) is 24.8 Å². The Labute approximate surface area is 205 Å². The lowest BCUT2D eigenvalue weighted by molar-refractivity contribution is -0.133. The van der Waals surface area contributed by atoms with Crippen LogP contribution in [0, 0.1) is 0 Å². The summed E-state index contributed by atoms with van der Waals surface area (Å²) in [6.07, 6.45) is 14.3. The Morgan fingerprint density at radius 1 is 0.912 bits per heavy atom. The average molecular weight is 464 g/mol. The highest BCUT2D eigenvalue weighted by Crippen LogP contribution is 2.30. The molecule has 2 amide bonds. The van der Waals surface area contributed by atoms with E-state index in [1.54, 1.807) is 0 Å². The SMILES string of the molecule is CCCCCc1ccc(C(=O)N(CC(=O)N(Cc2cccn2C)C2CC2)C2CCCCC2)cc1. The molecule has 5 nitrogen and oxygen atoms in total. The molecule has 4 rings (SSSR count). The predicted octanol–water partition coefficient (Wildman–Crippen LogP) is 5.72. The lowest BCUT2D eigenvalue weighted by Gasteiger charge is -2.35. The van der Waals surface area contributed by atoms with Crippen molar-refractivity contribution in [1.82, 2.24) is 14.4 Å². The molecular formula is C29H41N3O2. The molecular weight excluding hydrogens is 422 g/mol. The third-order valence-corrected chi connectivity index (χ3v) is 7.54. The maximum atomic E-state index is 13.7. The highest BCUT2D eigenvalue weighted by atomic mass is 16.2. The van der Waals surface area contributed by atoms with Gasteiger partial charge in [-0.3, -0.25) is 9.59 Å². The zero-order valence-corrected chi connectivity index (χ0v) is 21.0. The third kappa shape index (κ3) is 6.31. The van der Waals surface area contributed by atoms with Gasteiger partial charge in [0.2, 0.25) is 5.91 Å². The molecule has 0 bridgehead atoms. The van der Waals surface area contributed by atoms with Crippen LogP contribution in [0.5, 0.6) is 0 Å². The molecule has 0 atom stereocenters. The van der Waals surface area contributed by atoms with Crippen LogP contribution in [-0.4, -0.2) is 44.8 Å². The first-order chi connectivity index (χ1) is 16.6. The maximum absolute atomic E-state index is 13.7. The smallest absolute Gasteiger partial charge is 0.254 e. The Kier molecular flexibility index (Phi) is 8.47. The van der Waals surface area contributed by atoms with Gasteiger partial charge in [-0.15, -0.1) is 0 Å². The molecule has 2 aromatic rings. The number of rotatable bonds is 11. The van der Waals surface area contributed by atoms with E-state index in [-0.39, 0.29) is 24.4 Å². The van der Waals surface area contributed by atoms with E-state index in [1.165, 1.54) is 31.2 Å². The first-order valence-electron chi connectivity index (χ1n) is 13.4. The zero-order chi connectivity index (χ0) is 23.9. The van der Waals surface area contributed by atoms with Gasteiger partial charge in [0.05, 0.1) is 6.54 Å². The first-order valence-corrected chi connectivity index (χ1v) is 13.4. The van der Waals surface area contributed by atoms with Crippen LogP contribution in [0.4, 0.5) is 0 Å². The second kappa shape index (κ2) is 11.7. The second-order valence-electron chi connectivity index (χ2n) is 10.2. The largest absolute Gasteiger partial charge is 0.353 e. The van der Waals surface area contributed by atoms with E-state index >= 15 is 0 Å². The van der Waals surface area contributed by atoms with Crippen molar-refractivity contribution in [3.63, 3.8) is 0 Å². The molecule has 5 heteroatoms. The number of aromatic nitrogens is 1. The monoisotopic (exact) mass is 463 g/mol. The van der Waals surface area contributed by atoms with Crippen LogP contribution in [0.2, 0.25) is 0 Å². The van der Waals surface area contributed by atoms with Crippen molar-refractivity contribution in [3.8, 4) is 0 Å². The Hall–Kier alpha value is -2.56. The number of unbranched alkanes of at least 4 members (excludes halogenated alkanes) is 2. The van der Waals surface area contributed by atoms with E-state index in [0.29, 0.717) is 18.2 Å². The van der Waals surface area contributed by atoms with Crippen LogP contribution in [0.1, 0.15) is 92.7 Å². The molecule has 0 saturated heterocycles. The lowest BCUT2D eigenvalue weighted by atomic mass is 9.93. The van der Waals surface area contributed by atoms with E-state index in [0.717, 1.165) is 50.6 Å². The Balaban J connectivity index is 1.48. The van der Waals surface area contributed by atoms with Crippen molar-refractivity contribution in [1.29, 1.82) is 0 Å². The summed E-state index contributed by atoms with van der Waals surface area (Å²) in [7, 11) is 2.02. The van der Waals surface area contributed by atoms with E-state index in [4.69, 9.17) is 0 Å². The van der Waals surface area contributed by atoms with E-state index in [9.17, 15) is 9.59 Å². The molecule has 2 aliphatic rings. The summed E-state index contributed by atoms with van der Waals surface area (Å²) in [6.45, 7) is 3.02. The molecule has 0 unspecified atom stereocenters. The minimum atomic E-state index is 0.00923. The molecule has 0 radical (unpaired) electrons. The zero-order valence-electron chi connectivity index (χ0n) is 21.0. The number of carbonyl (C=O) groups is 2. The van der Waals surface area contributed by atoms with E-state index in [1.807, 2.05) is 41.2 Å². The van der Waals surface area contributed by atoms with Gasteiger partial charge in [-0.05, 0) is 68.4 Å². The van der Waals surface area contributed by atoms with Crippen molar-refractivity contribution in [2.45, 2.75) is 96.2 Å². The Morgan fingerprint density at radius 2 is 1.62 bits per heavy atom. The number of carbonyl (C=O) groups excluding carboxylic acids is 2. The fraction of sp³-hybridized carbons (Fsp3) is 0.586. The molecule has 34 heavy (non-hydrogen) atoms. The number of nitrogens with zero attached hydrogens (tertiary/aromatic N) is 3. The third-order valence-electron chi connectivity index (χ3n) is 7.54. The molecule has 0 spiro atoms. The fourth-order valence-electron chi connectivity index (χ4n) is 5.20. The van der Waals surface area contributed by atoms with Crippen LogP contribution >= 0.6 is 0 Å². The van der Waals surface area contributed by atoms with Gasteiger partial charge in [0, 0.05) is 36.6 Å². The van der Waals surface area contributed by atoms with Crippen molar-refractivity contribution in [2.75, 3.05) is 6.54 Å². The van der Waals surface area contributed by atoms with Crippen molar-refractivity contribution in [2.24, 2.45) is 7.05 Å². The normalized spacial score (nSPS) is 16.4. The molecule has 1 heterocycles. The average Bonchev–Trinajstić information content (AvgIpc) is 3.62. The van der Waals surface area contributed by atoms with Gasteiger partial charge in [-0.1, -0.05) is 51.2 Å². The van der Waals surface area contributed by atoms with Gasteiger partial charge in [0.15, 0.2) is 0 Å². The highest BCUT2D eigenvalue weighted by molar-refractivity contribution is 5.96. The fourth-order valence-corrected chi connectivity index (χ4v) is 5.20. The lowest BCUT2D eigenvalue weighted by Crippen LogP contribution is -2.48. The van der Waals surface area contributed by atoms with Crippen LogP contribution in [0.15, 0.2) is 42.6 Å². The van der Waals surface area contributed by atoms with Gasteiger partial charge in [0.25, 0.3) is 5.91 Å². The Bertz CT molecular complexity index is 939. The summed E-state index contributed by atoms with van der Waals surface area (Å²) in [4.78, 5) is 31.2. The van der Waals surface area contributed by atoms with E-state index in [2.05, 4.69) is 29.7 Å². The van der Waals surface area contributed by atoms with Crippen molar-refractivity contribution < 1.29 is 9.59 Å². The molecule has 2 saturated carbocycles. The standard InChI is InChI=1S/C29H41N3O2/c1-3-4-6-10-23-14-16-24(17-15-23)29(34)32(25-11-7-5-8-12-25)22-28(33)31(26-18-19-26)21-27-13-9-20-30(27)2/h9,13-17,20,25-26H,3-8,10-12,18-19,21-22H2,1-2H3. The molecule has 0 aliphatic heterocycles. The van der Waals surface area contributed by atoms with Gasteiger partial charge in [-0.2, -0.15) is 0 Å². The van der Waals surface area contributed by atoms with Gasteiger partial charge < -0.3 is 14.4 Å². The van der Waals surface area contributed by atoms with Crippen molar-refractivity contribution in [3.05, 3.63) is 59.4 Å². The topological polar surface area (TPSA) is 45.6 Å². The van der Waals surface area contributed by atoms with E-state index < -0.39 is 0 Å². The molecule has 1 aromatic carbocycles. The quantitative estimate of drug-likeness (QED) is 0.400. The maximum Gasteiger partial charge on any atom is 0.254 e. The number of hydrogen-bond donors (Lipinski definition) is 0. The number of hydrogen-bond acceptors (Lipinski definition) is 2. The Morgan fingerprint density at radius 3 is 2.24 bits per heavy atom. The minimum absolute atomic E-state index is 0.00923. The van der Waals surface area contributed by atoms with Crippen molar-refractivity contribution >= 4 is 11.8 Å². The van der Waals surface area contributed by atoms with Gasteiger partial charge in [0.1, 0.15) is 6.54 Å². The number of amides is 2. The summed E-state index contributed by atoms with van der Waals surface area (Å²) < 4.78 is 2.08. The predicted molar refractivity (Wildman–Crippen MR) is 137 cm³/mol. The highest BCUT2D eigenvalue weighted by Gasteiger charge is 2.36. The molecule has 0 N–H and O–H groups in total. The van der Waals surface area contributed by atoms with Crippen LogP contribution < -0.4 is 0 Å². The summed E-state index contributed by atoms with van der Waals surface area (Å²) in [5.41, 5.74) is 3.13. The van der Waals surface area contributed by atoms with Gasteiger partial charge >= 0.3 is 0 Å². The summed E-state index contributed by atoms with van der Waals surface area (Å²) in [5.74, 6) is 0.0915. The van der Waals surface area contributed by atoms with Crippen LogP contribution in [0.25, 0.3) is 0 Å². The summed E-state index contributed by atoms with van der Waals surface area (Å²) >= 11 is 0. The van der Waals surface area contributed by atoms with Crippen LogP contribution in [0.3, 0.4) is 0 Å². The number of benzene rings is 1. The first kappa shape index (κ1) is 24.6. The summed E-state index contributed by atoms with van der Waals surface area (Å²) in [5, 5.41) is 0.